The molecule has 118 valence electrons. The van der Waals surface area contributed by atoms with E-state index < -0.39 is 23.7 Å². The van der Waals surface area contributed by atoms with Crippen molar-refractivity contribution in [2.45, 2.75) is 13.0 Å². The van der Waals surface area contributed by atoms with Gasteiger partial charge >= 0.3 is 0 Å². The molecule has 2 N–H and O–H groups in total. The highest BCUT2D eigenvalue weighted by atomic mass is 19.3. The molecule has 7 heteroatoms. The number of alkyl halides is 2. The first-order chi connectivity index (χ1) is 11.1. The maximum atomic E-state index is 13.5. The summed E-state index contributed by atoms with van der Waals surface area (Å²) in [5.41, 5.74) is 0.953. The standard InChI is InChI=1S/C16H12F3N3O/c17-13-6-9(4-5-11(13)15(18)19)16(23)20-7-10-2-1-3-14-12(10)8-21-22-14/h1-6,8,15H,7H2,(H,20,23)(H,21,22). The van der Waals surface area contributed by atoms with E-state index in [1.807, 2.05) is 18.2 Å². The Labute approximate surface area is 129 Å². The van der Waals surface area contributed by atoms with Crippen LogP contribution in [0.3, 0.4) is 0 Å². The van der Waals surface area contributed by atoms with Gasteiger partial charge in [-0.25, -0.2) is 13.2 Å². The summed E-state index contributed by atoms with van der Waals surface area (Å²) in [7, 11) is 0. The van der Waals surface area contributed by atoms with Gasteiger partial charge in [0, 0.05) is 17.5 Å². The molecule has 0 fully saturated rings. The lowest BCUT2D eigenvalue weighted by Crippen LogP contribution is -2.23. The molecule has 0 spiro atoms. The van der Waals surface area contributed by atoms with Crippen LogP contribution in [0, 0.1) is 5.82 Å². The SMILES string of the molecule is O=C(NCc1cccc2[nH]ncc12)c1ccc(C(F)F)c(F)c1. The second kappa shape index (κ2) is 6.12. The number of hydrogen-bond donors (Lipinski definition) is 2. The minimum Gasteiger partial charge on any atom is -0.348 e. The number of aromatic nitrogens is 2. The highest BCUT2D eigenvalue weighted by Crippen LogP contribution is 2.22. The van der Waals surface area contributed by atoms with E-state index >= 15 is 0 Å². The first-order valence-corrected chi connectivity index (χ1v) is 6.83. The average Bonchev–Trinajstić information content (AvgIpc) is 3.01. The Hall–Kier alpha value is -2.83. The van der Waals surface area contributed by atoms with Crippen molar-refractivity contribution in [1.82, 2.24) is 15.5 Å². The Balaban J connectivity index is 1.75. The molecule has 0 aliphatic heterocycles. The Morgan fingerprint density at radius 3 is 2.83 bits per heavy atom. The van der Waals surface area contributed by atoms with Gasteiger partial charge in [0.2, 0.25) is 0 Å². The Morgan fingerprint density at radius 1 is 1.26 bits per heavy atom. The minimum atomic E-state index is -2.91. The summed E-state index contributed by atoms with van der Waals surface area (Å²) in [6.07, 6.45) is -1.26. The summed E-state index contributed by atoms with van der Waals surface area (Å²) in [5, 5.41) is 10.3. The van der Waals surface area contributed by atoms with Gasteiger partial charge in [-0.2, -0.15) is 5.10 Å². The minimum absolute atomic E-state index is 0.00808. The van der Waals surface area contributed by atoms with Crippen LogP contribution in [0.25, 0.3) is 10.9 Å². The molecule has 2 aromatic carbocycles. The number of aromatic amines is 1. The van der Waals surface area contributed by atoms with E-state index in [4.69, 9.17) is 0 Å². The predicted molar refractivity (Wildman–Crippen MR) is 78.6 cm³/mol. The summed E-state index contributed by atoms with van der Waals surface area (Å²) in [4.78, 5) is 12.0. The summed E-state index contributed by atoms with van der Waals surface area (Å²) >= 11 is 0. The molecule has 0 aliphatic carbocycles. The van der Waals surface area contributed by atoms with Crippen LogP contribution in [0.5, 0.6) is 0 Å². The van der Waals surface area contributed by atoms with Gasteiger partial charge in [-0.3, -0.25) is 9.89 Å². The number of nitrogens with one attached hydrogen (secondary N) is 2. The Morgan fingerprint density at radius 2 is 2.09 bits per heavy atom. The van der Waals surface area contributed by atoms with Crippen molar-refractivity contribution in [3.8, 4) is 0 Å². The van der Waals surface area contributed by atoms with E-state index in [0.29, 0.717) is 0 Å². The molecule has 3 rings (SSSR count). The van der Waals surface area contributed by atoms with Crippen LogP contribution < -0.4 is 5.32 Å². The number of carbonyl (C=O) groups excluding carboxylic acids is 1. The van der Waals surface area contributed by atoms with E-state index in [1.165, 1.54) is 6.07 Å². The molecular formula is C16H12F3N3O. The summed E-state index contributed by atoms with van der Waals surface area (Å²) < 4.78 is 38.5. The first kappa shape index (κ1) is 15.1. The molecule has 4 nitrogen and oxygen atoms in total. The number of halogens is 3. The van der Waals surface area contributed by atoms with Gasteiger partial charge in [0.05, 0.1) is 17.3 Å². The lowest BCUT2D eigenvalue weighted by Gasteiger charge is -2.08. The molecule has 0 aliphatic rings. The molecule has 0 unspecified atom stereocenters. The fraction of sp³-hybridized carbons (Fsp3) is 0.125. The molecule has 0 radical (unpaired) electrons. The number of rotatable bonds is 4. The number of benzene rings is 2. The molecule has 0 atom stereocenters. The zero-order valence-electron chi connectivity index (χ0n) is 11.8. The summed E-state index contributed by atoms with van der Waals surface area (Å²) in [6.45, 7) is 0.216. The summed E-state index contributed by atoms with van der Waals surface area (Å²) in [5.74, 6) is -1.63. The van der Waals surface area contributed by atoms with Gasteiger partial charge in [0.25, 0.3) is 12.3 Å². The fourth-order valence-corrected chi connectivity index (χ4v) is 2.31. The molecule has 1 aromatic heterocycles. The Bertz CT molecular complexity index is 861. The molecule has 1 heterocycles. The van der Waals surface area contributed by atoms with E-state index in [1.54, 1.807) is 6.20 Å². The number of nitrogens with zero attached hydrogens (tertiary/aromatic N) is 1. The number of amides is 1. The largest absolute Gasteiger partial charge is 0.348 e. The van der Waals surface area contributed by atoms with Crippen molar-refractivity contribution in [3.05, 3.63) is 65.1 Å². The van der Waals surface area contributed by atoms with Gasteiger partial charge in [-0.15, -0.1) is 0 Å². The van der Waals surface area contributed by atoms with Crippen LogP contribution in [0.4, 0.5) is 13.2 Å². The van der Waals surface area contributed by atoms with Crippen molar-refractivity contribution in [2.24, 2.45) is 0 Å². The normalized spacial score (nSPS) is 11.1. The maximum Gasteiger partial charge on any atom is 0.266 e. The molecule has 23 heavy (non-hydrogen) atoms. The van der Waals surface area contributed by atoms with Crippen molar-refractivity contribution < 1.29 is 18.0 Å². The van der Waals surface area contributed by atoms with Crippen molar-refractivity contribution in [3.63, 3.8) is 0 Å². The van der Waals surface area contributed by atoms with Gasteiger partial charge in [0.1, 0.15) is 5.82 Å². The van der Waals surface area contributed by atoms with Crippen LogP contribution in [0.2, 0.25) is 0 Å². The van der Waals surface area contributed by atoms with Gasteiger partial charge in [-0.1, -0.05) is 12.1 Å². The molecule has 0 bridgehead atoms. The zero-order valence-corrected chi connectivity index (χ0v) is 11.8. The number of fused-ring (bicyclic) bond motifs is 1. The summed E-state index contributed by atoms with van der Waals surface area (Å²) in [6, 6.07) is 8.42. The number of hydrogen-bond acceptors (Lipinski definition) is 2. The van der Waals surface area contributed by atoms with Gasteiger partial charge in [-0.05, 0) is 29.8 Å². The highest BCUT2D eigenvalue weighted by molar-refractivity contribution is 5.94. The molecule has 3 aromatic rings. The third kappa shape index (κ3) is 3.03. The monoisotopic (exact) mass is 319 g/mol. The Kier molecular flexibility index (Phi) is 4.01. The fourth-order valence-electron chi connectivity index (χ4n) is 2.31. The predicted octanol–water partition coefficient (Wildman–Crippen LogP) is 3.57. The van der Waals surface area contributed by atoms with E-state index in [9.17, 15) is 18.0 Å². The lowest BCUT2D eigenvalue weighted by molar-refractivity contribution is 0.0949. The van der Waals surface area contributed by atoms with Gasteiger partial charge < -0.3 is 5.32 Å². The highest BCUT2D eigenvalue weighted by Gasteiger charge is 2.16. The molecule has 1 amide bonds. The van der Waals surface area contributed by atoms with Crippen molar-refractivity contribution in [1.29, 1.82) is 0 Å². The topological polar surface area (TPSA) is 57.8 Å². The number of carbonyl (C=O) groups is 1. The quantitative estimate of drug-likeness (QED) is 0.772. The zero-order chi connectivity index (χ0) is 16.4. The second-order valence-corrected chi connectivity index (χ2v) is 4.97. The smallest absolute Gasteiger partial charge is 0.266 e. The molecular weight excluding hydrogens is 307 g/mol. The average molecular weight is 319 g/mol. The van der Waals surface area contributed by atoms with Crippen molar-refractivity contribution >= 4 is 16.8 Å². The van der Waals surface area contributed by atoms with Gasteiger partial charge in [0.15, 0.2) is 0 Å². The molecule has 0 saturated carbocycles. The van der Waals surface area contributed by atoms with Crippen LogP contribution in [0.15, 0.2) is 42.6 Å². The first-order valence-electron chi connectivity index (χ1n) is 6.83. The van der Waals surface area contributed by atoms with Crippen molar-refractivity contribution in [2.75, 3.05) is 0 Å². The van der Waals surface area contributed by atoms with Crippen LogP contribution in [0.1, 0.15) is 27.9 Å². The van der Waals surface area contributed by atoms with E-state index in [0.717, 1.165) is 28.6 Å². The number of H-pyrrole nitrogens is 1. The molecule has 0 saturated heterocycles. The lowest BCUT2D eigenvalue weighted by atomic mass is 10.1. The van der Waals surface area contributed by atoms with Crippen LogP contribution >= 0.6 is 0 Å². The van der Waals surface area contributed by atoms with E-state index in [-0.39, 0.29) is 12.1 Å². The maximum absolute atomic E-state index is 13.5. The van der Waals surface area contributed by atoms with Crippen LogP contribution in [-0.4, -0.2) is 16.1 Å². The van der Waals surface area contributed by atoms with E-state index in [2.05, 4.69) is 15.5 Å². The third-order valence-electron chi connectivity index (χ3n) is 3.51. The second-order valence-electron chi connectivity index (χ2n) is 4.97. The third-order valence-corrected chi connectivity index (χ3v) is 3.51. The van der Waals surface area contributed by atoms with Crippen LogP contribution in [-0.2, 0) is 6.54 Å².